The summed E-state index contributed by atoms with van der Waals surface area (Å²) in [6, 6.07) is 4.70. The summed E-state index contributed by atoms with van der Waals surface area (Å²) in [6.45, 7) is 0.578. The number of nitrogens with zero attached hydrogens (tertiary/aromatic N) is 4. The van der Waals surface area contributed by atoms with E-state index >= 15 is 0 Å². The summed E-state index contributed by atoms with van der Waals surface area (Å²) in [4.78, 5) is 41.3. The Labute approximate surface area is 209 Å². The molecule has 3 aromatic rings. The number of rotatable bonds is 8. The van der Waals surface area contributed by atoms with Crippen LogP contribution in [0.25, 0.3) is 10.9 Å². The normalized spacial score (nSPS) is 19.4. The van der Waals surface area contributed by atoms with E-state index in [-0.39, 0.29) is 47.5 Å². The Morgan fingerprint density at radius 2 is 2.14 bits per heavy atom. The summed E-state index contributed by atoms with van der Waals surface area (Å²) in [7, 11) is -4.27. The molecule has 1 aromatic carbocycles. The van der Waals surface area contributed by atoms with Crippen molar-refractivity contribution in [3.05, 3.63) is 53.1 Å². The van der Waals surface area contributed by atoms with Gasteiger partial charge in [0.05, 0.1) is 29.9 Å². The third-order valence-electron chi connectivity index (χ3n) is 5.75. The molecule has 2 amide bonds. The van der Waals surface area contributed by atoms with Gasteiger partial charge in [0.15, 0.2) is 5.44 Å². The third-order valence-corrected chi connectivity index (χ3v) is 7.51. The fourth-order valence-electron chi connectivity index (χ4n) is 4.08. The first-order valence-corrected chi connectivity index (χ1v) is 13.0. The molecule has 3 heterocycles. The molecule has 3 atom stereocenters. The van der Waals surface area contributed by atoms with Crippen molar-refractivity contribution in [3.8, 4) is 0 Å². The van der Waals surface area contributed by atoms with Gasteiger partial charge in [0.25, 0.3) is 0 Å². The molecule has 2 aromatic heterocycles. The molecule has 4 rings (SSSR count). The van der Waals surface area contributed by atoms with Crippen molar-refractivity contribution in [2.24, 2.45) is 0 Å². The van der Waals surface area contributed by atoms with Crippen molar-refractivity contribution in [2.45, 2.75) is 38.6 Å². The molecule has 14 heteroatoms. The maximum atomic E-state index is 14.3. The second-order valence-corrected chi connectivity index (χ2v) is 10.3. The number of pyridine rings is 1. The lowest BCUT2D eigenvalue weighted by molar-refractivity contribution is -0.139. The van der Waals surface area contributed by atoms with Gasteiger partial charge < -0.3 is 19.6 Å². The molecule has 1 aliphatic rings. The van der Waals surface area contributed by atoms with E-state index in [9.17, 15) is 27.8 Å². The highest BCUT2D eigenvalue weighted by molar-refractivity contribution is 7.61. The Balaban J connectivity index is 1.53. The summed E-state index contributed by atoms with van der Waals surface area (Å²) in [5, 5.41) is 6.83. The molecular weight excluding hydrogens is 519 g/mol. The second kappa shape index (κ2) is 10.6. The number of aromatic nitrogens is 3. The highest BCUT2D eigenvalue weighted by atomic mass is 35.5. The quantitative estimate of drug-likeness (QED) is 0.419. The average Bonchev–Trinajstić information content (AvgIpc) is 3.41. The van der Waals surface area contributed by atoms with Gasteiger partial charge >= 0.3 is 7.60 Å². The molecule has 36 heavy (non-hydrogen) atoms. The van der Waals surface area contributed by atoms with E-state index in [1.807, 2.05) is 0 Å². The monoisotopic (exact) mass is 541 g/mol. The first-order valence-electron chi connectivity index (χ1n) is 11.0. The van der Waals surface area contributed by atoms with Gasteiger partial charge in [-0.15, -0.1) is 0 Å². The van der Waals surface area contributed by atoms with Crippen LogP contribution in [0.3, 0.4) is 0 Å². The molecular formula is C22H23ClF2N5O5P. The highest BCUT2D eigenvalue weighted by Gasteiger charge is 2.40. The smallest absolute Gasteiger partial charge is 0.350 e. The van der Waals surface area contributed by atoms with Gasteiger partial charge in [0, 0.05) is 30.1 Å². The number of hydrogen-bond acceptors (Lipinski definition) is 6. The van der Waals surface area contributed by atoms with Crippen LogP contribution in [0.4, 0.5) is 8.78 Å². The maximum Gasteiger partial charge on any atom is 0.379 e. The van der Waals surface area contributed by atoms with Gasteiger partial charge in [-0.1, -0.05) is 23.7 Å². The van der Waals surface area contributed by atoms with E-state index in [1.165, 1.54) is 41.3 Å². The summed E-state index contributed by atoms with van der Waals surface area (Å²) in [6.07, 6.45) is 1.12. The van der Waals surface area contributed by atoms with Crippen LogP contribution in [-0.2, 0) is 31.8 Å². The number of halogens is 3. The zero-order chi connectivity index (χ0) is 26.0. The molecule has 1 aliphatic heterocycles. The lowest BCUT2D eigenvalue weighted by Crippen LogP contribution is -2.47. The first kappa shape index (κ1) is 26.2. The molecule has 192 valence electrons. The Hall–Kier alpha value is -2.92. The molecule has 0 bridgehead atoms. The predicted octanol–water partition coefficient (Wildman–Crippen LogP) is 2.33. The molecule has 1 saturated heterocycles. The number of likely N-dealkylation sites (tertiary alicyclic amines) is 1. The molecule has 0 saturated carbocycles. The number of carbonyl (C=O) groups is 2. The average molecular weight is 542 g/mol. The molecule has 10 nitrogen and oxygen atoms in total. The molecule has 1 fully saturated rings. The van der Waals surface area contributed by atoms with Gasteiger partial charge in [0.2, 0.25) is 11.8 Å². The number of amides is 2. The number of alkyl halides is 1. The topological polar surface area (TPSA) is 127 Å². The van der Waals surface area contributed by atoms with Crippen LogP contribution < -0.4 is 10.8 Å². The van der Waals surface area contributed by atoms with Crippen LogP contribution in [0.2, 0.25) is 5.02 Å². The van der Waals surface area contributed by atoms with E-state index < -0.39 is 44.0 Å². The molecule has 0 spiro atoms. The van der Waals surface area contributed by atoms with Gasteiger partial charge in [-0.2, -0.15) is 5.10 Å². The van der Waals surface area contributed by atoms with Gasteiger partial charge in [-0.3, -0.25) is 23.8 Å². The van der Waals surface area contributed by atoms with Crippen molar-refractivity contribution < 1.29 is 32.4 Å². The predicted molar refractivity (Wildman–Crippen MR) is 127 cm³/mol. The first-order chi connectivity index (χ1) is 17.1. The van der Waals surface area contributed by atoms with Crippen LogP contribution in [0.1, 0.15) is 18.9 Å². The minimum absolute atomic E-state index is 0.0340. The van der Waals surface area contributed by atoms with E-state index in [2.05, 4.69) is 15.4 Å². The summed E-state index contributed by atoms with van der Waals surface area (Å²) in [5.74, 6) is -1.95. The Morgan fingerprint density at radius 1 is 1.36 bits per heavy atom. The fraction of sp³-hybridized carbons (Fsp3) is 0.364. The van der Waals surface area contributed by atoms with Crippen LogP contribution in [0.15, 0.2) is 36.7 Å². The van der Waals surface area contributed by atoms with Crippen LogP contribution >= 0.6 is 19.2 Å². The minimum Gasteiger partial charge on any atom is -0.350 e. The Morgan fingerprint density at radius 3 is 2.89 bits per heavy atom. The number of benzene rings is 1. The van der Waals surface area contributed by atoms with Gasteiger partial charge in [-0.25, -0.2) is 8.78 Å². The van der Waals surface area contributed by atoms with E-state index in [0.717, 1.165) is 4.90 Å². The van der Waals surface area contributed by atoms with E-state index in [0.29, 0.717) is 5.52 Å². The Bertz CT molecular complexity index is 1360. The van der Waals surface area contributed by atoms with Crippen molar-refractivity contribution in [1.29, 1.82) is 0 Å². The zero-order valence-electron chi connectivity index (χ0n) is 19.1. The summed E-state index contributed by atoms with van der Waals surface area (Å²) in [5.41, 5.74) is 0.203. The largest absolute Gasteiger partial charge is 0.379 e. The lowest BCUT2D eigenvalue weighted by Gasteiger charge is -2.23. The second-order valence-electron chi connectivity index (χ2n) is 8.14. The minimum atomic E-state index is -4.27. The standard InChI is InChI=1S/C22H23ClF2N5O5P/c1-2-35-36(33,34)22-15-6-7-26-10-18(15)30(28-22)12-19(31)29-11-14(24)8-17(29)21(32)27-9-13-4-3-5-16(23)20(13)25/h3-7,10,14,17H,2,8-9,11-12H2,1H3,(H,27,32)(H,33,34). The number of carbonyl (C=O) groups excluding carboxylic acids is 2. The Kier molecular flexibility index (Phi) is 7.70. The van der Waals surface area contributed by atoms with Crippen molar-refractivity contribution >= 4 is 47.3 Å². The zero-order valence-corrected chi connectivity index (χ0v) is 20.8. The summed E-state index contributed by atoms with van der Waals surface area (Å²) < 4.78 is 47.2. The highest BCUT2D eigenvalue weighted by Crippen LogP contribution is 2.42. The maximum absolute atomic E-state index is 14.3. The fourth-order valence-corrected chi connectivity index (χ4v) is 5.46. The molecule has 3 unspecified atom stereocenters. The SMILES string of the molecule is CCOP(=O)(O)c1nn(CC(=O)N2CC(F)CC2C(=O)NCc2cccc(Cl)c2F)c2cnccc12. The lowest BCUT2D eigenvalue weighted by atomic mass is 10.1. The van der Waals surface area contributed by atoms with Gasteiger partial charge in [-0.05, 0) is 19.1 Å². The van der Waals surface area contributed by atoms with Crippen LogP contribution in [-0.4, -0.2) is 61.7 Å². The van der Waals surface area contributed by atoms with E-state index in [4.69, 9.17) is 16.1 Å². The summed E-state index contributed by atoms with van der Waals surface area (Å²) >= 11 is 5.76. The van der Waals surface area contributed by atoms with Crippen LogP contribution in [0, 0.1) is 5.82 Å². The molecule has 0 aliphatic carbocycles. The van der Waals surface area contributed by atoms with Crippen molar-refractivity contribution in [1.82, 2.24) is 25.0 Å². The van der Waals surface area contributed by atoms with E-state index in [1.54, 1.807) is 6.92 Å². The number of fused-ring (bicyclic) bond motifs is 1. The number of hydrogen-bond donors (Lipinski definition) is 2. The third kappa shape index (κ3) is 5.27. The van der Waals surface area contributed by atoms with Crippen molar-refractivity contribution in [3.63, 3.8) is 0 Å². The van der Waals surface area contributed by atoms with Crippen LogP contribution in [0.5, 0.6) is 0 Å². The molecule has 2 N–H and O–H groups in total. The number of nitrogens with one attached hydrogen (secondary N) is 1. The van der Waals surface area contributed by atoms with Crippen molar-refractivity contribution in [2.75, 3.05) is 13.2 Å². The van der Waals surface area contributed by atoms with Gasteiger partial charge in [0.1, 0.15) is 24.6 Å². The molecule has 0 radical (unpaired) electrons.